The van der Waals surface area contributed by atoms with Crippen LogP contribution in [0.4, 0.5) is 15.7 Å². The molecule has 0 fully saturated rings. The summed E-state index contributed by atoms with van der Waals surface area (Å²) in [6, 6.07) is 1.24. The second-order valence-corrected chi connectivity index (χ2v) is 11.7. The van der Waals surface area contributed by atoms with Crippen molar-refractivity contribution in [1.82, 2.24) is 0 Å². The second kappa shape index (κ2) is 7.00. The normalized spacial score (nSPS) is 14.7. The van der Waals surface area contributed by atoms with Gasteiger partial charge in [0.15, 0.2) is 18.5 Å². The molecule has 0 aliphatic rings. The molecule has 1 atom stereocenters. The monoisotopic (exact) mass is 445 g/mol. The van der Waals surface area contributed by atoms with Crippen molar-refractivity contribution >= 4 is 93.3 Å². The molecule has 0 aliphatic carbocycles. The van der Waals surface area contributed by atoms with Crippen LogP contribution in [0.15, 0.2) is 6.07 Å². The minimum Gasteiger partial charge on any atom is -0.364 e. The smallest absolute Gasteiger partial charge is 0.305 e. The van der Waals surface area contributed by atoms with E-state index in [1.807, 2.05) is 0 Å². The third-order valence-corrected chi connectivity index (χ3v) is 10.9. The van der Waals surface area contributed by atoms with Crippen molar-refractivity contribution in [1.29, 1.82) is 0 Å². The SMILES string of the molecule is CN(C)c1sc(N(C)S(=O)(=S)C(Cl)(Cl)C(Cl)Cl)cc1[N+](=O)[O-]. The van der Waals surface area contributed by atoms with Crippen molar-refractivity contribution in [3.05, 3.63) is 16.2 Å². The van der Waals surface area contributed by atoms with Crippen LogP contribution in [-0.2, 0) is 19.9 Å². The van der Waals surface area contributed by atoms with Crippen LogP contribution in [0.1, 0.15) is 0 Å². The number of hydrogen-bond acceptors (Lipinski definition) is 6. The molecule has 6 nitrogen and oxygen atoms in total. The van der Waals surface area contributed by atoms with Crippen LogP contribution in [0.25, 0.3) is 0 Å². The lowest BCUT2D eigenvalue weighted by molar-refractivity contribution is -0.383. The van der Waals surface area contributed by atoms with Crippen LogP contribution >= 0.6 is 57.7 Å². The summed E-state index contributed by atoms with van der Waals surface area (Å²) in [7, 11) is 1.11. The first kappa shape index (κ1) is 20.3. The number of anilines is 2. The molecule has 0 bridgehead atoms. The van der Waals surface area contributed by atoms with Gasteiger partial charge >= 0.3 is 5.69 Å². The average Bonchev–Trinajstić information content (AvgIpc) is 2.82. The van der Waals surface area contributed by atoms with Gasteiger partial charge in [-0.05, 0) is 0 Å². The second-order valence-electron chi connectivity index (χ2n) is 4.26. The molecule has 0 saturated carbocycles. The zero-order valence-electron chi connectivity index (χ0n) is 11.5. The van der Waals surface area contributed by atoms with Gasteiger partial charge in [-0.3, -0.25) is 14.4 Å². The molecule has 0 radical (unpaired) electrons. The maximum Gasteiger partial charge on any atom is 0.305 e. The Morgan fingerprint density at radius 2 is 1.91 bits per heavy atom. The number of rotatable bonds is 6. The fourth-order valence-corrected chi connectivity index (χ4v) is 5.94. The molecule has 13 heteroatoms. The van der Waals surface area contributed by atoms with Gasteiger partial charge in [-0.1, -0.05) is 34.5 Å². The van der Waals surface area contributed by atoms with E-state index < -0.39 is 22.1 Å². The molecule has 1 aromatic rings. The highest BCUT2D eigenvalue weighted by Crippen LogP contribution is 2.46. The Morgan fingerprint density at radius 3 is 2.23 bits per heavy atom. The van der Waals surface area contributed by atoms with Crippen LogP contribution in [-0.4, -0.2) is 38.8 Å². The average molecular weight is 447 g/mol. The number of halogens is 4. The van der Waals surface area contributed by atoms with E-state index in [9.17, 15) is 14.3 Å². The van der Waals surface area contributed by atoms with Crippen molar-refractivity contribution in [2.24, 2.45) is 0 Å². The summed E-state index contributed by atoms with van der Waals surface area (Å²) < 4.78 is 11.7. The van der Waals surface area contributed by atoms with E-state index in [0.717, 1.165) is 15.6 Å². The summed E-state index contributed by atoms with van der Waals surface area (Å²) in [5.41, 5.74) is -0.148. The molecule has 0 amide bonds. The van der Waals surface area contributed by atoms with Crippen molar-refractivity contribution in [3.63, 3.8) is 0 Å². The van der Waals surface area contributed by atoms with Crippen LogP contribution in [0.3, 0.4) is 0 Å². The Hall–Kier alpha value is 0.230. The lowest BCUT2D eigenvalue weighted by Gasteiger charge is -2.30. The van der Waals surface area contributed by atoms with Gasteiger partial charge < -0.3 is 4.90 Å². The molecular formula is C9H11Cl4N3O3S3. The van der Waals surface area contributed by atoms with Gasteiger partial charge in [-0.2, -0.15) is 0 Å². The van der Waals surface area contributed by atoms with Crippen LogP contribution in [0, 0.1) is 10.1 Å². The molecule has 1 aromatic heterocycles. The highest BCUT2D eigenvalue weighted by atomic mass is 35.5. The van der Waals surface area contributed by atoms with Gasteiger partial charge in [0.25, 0.3) is 0 Å². The van der Waals surface area contributed by atoms with E-state index in [0.29, 0.717) is 5.00 Å². The number of hydrogen-bond donors (Lipinski definition) is 0. The Morgan fingerprint density at radius 1 is 1.41 bits per heavy atom. The number of alkyl halides is 4. The van der Waals surface area contributed by atoms with E-state index >= 15 is 0 Å². The van der Waals surface area contributed by atoms with Crippen LogP contribution in [0.5, 0.6) is 0 Å². The standard InChI is InChI=1S/C9H11Cl4N3O3S3/c1-14(2)7-5(16(17)18)4-6(21-7)15(3)22(19,20)9(12,13)8(10)11/h4,8H,1-3H3. The lowest BCUT2D eigenvalue weighted by Crippen LogP contribution is -2.42. The molecule has 0 aromatic carbocycles. The van der Waals surface area contributed by atoms with Gasteiger partial charge in [0.2, 0.25) is 3.67 Å². The summed E-state index contributed by atoms with van der Waals surface area (Å²) in [5.74, 6) is 0. The first-order valence-corrected chi connectivity index (χ1v) is 10.3. The summed E-state index contributed by atoms with van der Waals surface area (Å²) >= 11 is 29.1. The van der Waals surface area contributed by atoms with E-state index in [1.165, 1.54) is 13.1 Å². The first-order chi connectivity index (χ1) is 9.84. The molecule has 126 valence electrons. The predicted octanol–water partition coefficient (Wildman–Crippen LogP) is 3.75. The third kappa shape index (κ3) is 3.66. The molecule has 0 saturated heterocycles. The van der Waals surface area contributed by atoms with Crippen molar-refractivity contribution < 1.29 is 9.13 Å². The van der Waals surface area contributed by atoms with Gasteiger partial charge in [0.1, 0.15) is 5.00 Å². The molecule has 1 unspecified atom stereocenters. The summed E-state index contributed by atoms with van der Waals surface area (Å²) in [6.07, 6.45) is 0. The third-order valence-electron chi connectivity index (χ3n) is 2.55. The van der Waals surface area contributed by atoms with Gasteiger partial charge in [0, 0.05) is 32.3 Å². The zero-order valence-corrected chi connectivity index (χ0v) is 16.9. The molecular weight excluding hydrogens is 436 g/mol. The molecule has 1 rings (SSSR count). The van der Waals surface area contributed by atoms with Gasteiger partial charge in [-0.25, -0.2) is 4.21 Å². The van der Waals surface area contributed by atoms with Crippen LogP contribution < -0.4 is 9.21 Å². The van der Waals surface area contributed by atoms with Gasteiger partial charge in [-0.15, -0.1) is 23.2 Å². The van der Waals surface area contributed by atoms with E-state index in [1.54, 1.807) is 19.0 Å². The minimum absolute atomic E-state index is 0.148. The lowest BCUT2D eigenvalue weighted by atomic mass is 10.5. The fraction of sp³-hybridized carbons (Fsp3) is 0.556. The molecule has 1 heterocycles. The molecule has 0 aliphatic heterocycles. The van der Waals surface area contributed by atoms with E-state index in [-0.39, 0.29) is 10.7 Å². The first-order valence-electron chi connectivity index (χ1n) is 5.44. The number of thiophene rings is 1. The summed E-state index contributed by atoms with van der Waals surface area (Å²) in [4.78, 5) is 10.7. The highest BCUT2D eigenvalue weighted by Gasteiger charge is 2.46. The molecule has 22 heavy (non-hydrogen) atoms. The maximum atomic E-state index is 12.7. The number of nitrogens with zero attached hydrogens (tertiary/aromatic N) is 3. The molecule has 0 spiro atoms. The Balaban J connectivity index is 3.38. The maximum absolute atomic E-state index is 12.7. The Kier molecular flexibility index (Phi) is 6.45. The zero-order chi connectivity index (χ0) is 17.5. The summed E-state index contributed by atoms with van der Waals surface area (Å²) in [6.45, 7) is 0. The quantitative estimate of drug-likeness (QED) is 0.378. The van der Waals surface area contributed by atoms with Crippen molar-refractivity contribution in [2.45, 2.75) is 8.50 Å². The minimum atomic E-state index is -3.54. The van der Waals surface area contributed by atoms with E-state index in [2.05, 4.69) is 0 Å². The largest absolute Gasteiger partial charge is 0.364 e. The van der Waals surface area contributed by atoms with E-state index in [4.69, 9.17) is 57.6 Å². The van der Waals surface area contributed by atoms with Crippen LogP contribution in [0.2, 0.25) is 0 Å². The Bertz CT molecular complexity index is 675. The highest BCUT2D eigenvalue weighted by molar-refractivity contribution is 8.35. The topological polar surface area (TPSA) is 66.7 Å². The molecule has 0 N–H and O–H groups in total. The summed E-state index contributed by atoms with van der Waals surface area (Å²) in [5, 5.41) is 11.7. The fourth-order valence-electron chi connectivity index (χ4n) is 1.38. The van der Waals surface area contributed by atoms with Crippen molar-refractivity contribution in [2.75, 3.05) is 30.3 Å². The Labute approximate surface area is 156 Å². The van der Waals surface area contributed by atoms with Gasteiger partial charge in [0.05, 0.1) is 11.0 Å². The predicted molar refractivity (Wildman–Crippen MR) is 99.1 cm³/mol. The number of nitro groups is 1. The van der Waals surface area contributed by atoms with Crippen molar-refractivity contribution in [3.8, 4) is 0 Å².